The Morgan fingerprint density at radius 2 is 2.07 bits per heavy atom. The molecule has 1 fully saturated rings. The fourth-order valence-electron chi connectivity index (χ4n) is 2.56. The van der Waals surface area contributed by atoms with Gasteiger partial charge in [-0.05, 0) is 53.8 Å². The van der Waals surface area contributed by atoms with Gasteiger partial charge in [-0.2, -0.15) is 5.26 Å². The SMILES string of the molecule is CC.N#CCC1CCNCC1.Nc1c([N+](=O)[O-])cnc2cc(F)c(Br)cc12. The lowest BCUT2D eigenvalue weighted by Crippen LogP contribution is -2.27. The van der Waals surface area contributed by atoms with Gasteiger partial charge in [-0.15, -0.1) is 0 Å². The smallest absolute Gasteiger partial charge is 0.310 e. The summed E-state index contributed by atoms with van der Waals surface area (Å²) in [5, 5.41) is 22.6. The van der Waals surface area contributed by atoms with Crippen molar-refractivity contribution in [2.75, 3.05) is 18.8 Å². The van der Waals surface area contributed by atoms with Gasteiger partial charge in [0, 0.05) is 17.9 Å². The lowest BCUT2D eigenvalue weighted by Gasteiger charge is -2.19. The van der Waals surface area contributed by atoms with Crippen molar-refractivity contribution in [3.05, 3.63) is 38.7 Å². The summed E-state index contributed by atoms with van der Waals surface area (Å²) in [6, 6.07) is 4.75. The van der Waals surface area contributed by atoms with Crippen LogP contribution in [0.4, 0.5) is 15.8 Å². The average Bonchev–Trinajstić information content (AvgIpc) is 2.67. The minimum Gasteiger partial charge on any atom is -0.393 e. The van der Waals surface area contributed by atoms with Crippen LogP contribution in [0.3, 0.4) is 0 Å². The van der Waals surface area contributed by atoms with Crippen molar-refractivity contribution in [3.8, 4) is 6.07 Å². The summed E-state index contributed by atoms with van der Waals surface area (Å²) in [6.07, 6.45) is 4.15. The number of benzene rings is 1. The Hall–Kier alpha value is -2.31. The molecule has 2 heterocycles. The second-order valence-electron chi connectivity index (χ2n) is 5.65. The molecule has 0 saturated carbocycles. The summed E-state index contributed by atoms with van der Waals surface area (Å²) in [7, 11) is 0. The second-order valence-corrected chi connectivity index (χ2v) is 6.51. The molecule has 0 bridgehead atoms. The number of anilines is 1. The highest BCUT2D eigenvalue weighted by atomic mass is 79.9. The molecule has 0 atom stereocenters. The van der Waals surface area contributed by atoms with Crippen molar-refractivity contribution >= 4 is 38.2 Å². The van der Waals surface area contributed by atoms with E-state index in [1.54, 1.807) is 0 Å². The topological polar surface area (TPSA) is 118 Å². The Kier molecular flexibility index (Phi) is 9.61. The van der Waals surface area contributed by atoms with Crippen LogP contribution >= 0.6 is 15.9 Å². The quantitative estimate of drug-likeness (QED) is 0.523. The molecule has 0 aliphatic carbocycles. The lowest BCUT2D eigenvalue weighted by molar-refractivity contribution is -0.384. The third-order valence-electron chi connectivity index (χ3n) is 3.97. The van der Waals surface area contributed by atoms with Crippen LogP contribution in [0.1, 0.15) is 33.1 Å². The number of nitrogens with one attached hydrogen (secondary N) is 1. The predicted molar refractivity (Wildman–Crippen MR) is 108 cm³/mol. The van der Waals surface area contributed by atoms with Crippen LogP contribution < -0.4 is 11.1 Å². The summed E-state index contributed by atoms with van der Waals surface area (Å²) in [5.74, 6) is 0.185. The summed E-state index contributed by atoms with van der Waals surface area (Å²) >= 11 is 2.98. The number of nitrogen functional groups attached to an aromatic ring is 1. The molecular formula is C18H23BrFN5O2. The molecule has 0 amide bonds. The number of fused-ring (bicyclic) bond motifs is 1. The second kappa shape index (κ2) is 11.4. The number of nitrogens with zero attached hydrogens (tertiary/aromatic N) is 3. The Bertz CT molecular complexity index is 819. The van der Waals surface area contributed by atoms with Gasteiger partial charge in [0.25, 0.3) is 0 Å². The van der Waals surface area contributed by atoms with E-state index >= 15 is 0 Å². The van der Waals surface area contributed by atoms with E-state index in [9.17, 15) is 14.5 Å². The molecule has 146 valence electrons. The summed E-state index contributed by atoms with van der Waals surface area (Å²) in [4.78, 5) is 13.8. The van der Waals surface area contributed by atoms with Crippen LogP contribution in [0.15, 0.2) is 22.8 Å². The van der Waals surface area contributed by atoms with Crippen LogP contribution in [-0.2, 0) is 0 Å². The van der Waals surface area contributed by atoms with Gasteiger partial charge in [0.2, 0.25) is 0 Å². The zero-order valence-electron chi connectivity index (χ0n) is 15.3. The number of hydrogen-bond donors (Lipinski definition) is 2. The fourth-order valence-corrected chi connectivity index (χ4v) is 2.90. The van der Waals surface area contributed by atoms with E-state index in [-0.39, 0.29) is 21.4 Å². The molecule has 9 heteroatoms. The van der Waals surface area contributed by atoms with Crippen molar-refractivity contribution in [2.45, 2.75) is 33.1 Å². The average molecular weight is 440 g/mol. The molecule has 1 saturated heterocycles. The Morgan fingerprint density at radius 3 is 2.63 bits per heavy atom. The normalized spacial score (nSPS) is 13.6. The van der Waals surface area contributed by atoms with Gasteiger partial charge >= 0.3 is 5.69 Å². The molecular weight excluding hydrogens is 417 g/mol. The van der Waals surface area contributed by atoms with Gasteiger partial charge in [0.1, 0.15) is 17.7 Å². The van der Waals surface area contributed by atoms with E-state index in [0.29, 0.717) is 11.3 Å². The maximum atomic E-state index is 13.2. The van der Waals surface area contributed by atoms with Crippen molar-refractivity contribution in [1.29, 1.82) is 5.26 Å². The summed E-state index contributed by atoms with van der Waals surface area (Å²) in [6.45, 7) is 6.21. The first-order valence-corrected chi connectivity index (χ1v) is 9.48. The third-order valence-corrected chi connectivity index (χ3v) is 4.57. The number of hydrogen-bond acceptors (Lipinski definition) is 6. The van der Waals surface area contributed by atoms with Crippen LogP contribution in [0, 0.1) is 33.2 Å². The Morgan fingerprint density at radius 1 is 1.44 bits per heavy atom. The van der Waals surface area contributed by atoms with Gasteiger partial charge < -0.3 is 11.1 Å². The van der Waals surface area contributed by atoms with Crippen molar-refractivity contribution < 1.29 is 9.31 Å². The van der Waals surface area contributed by atoms with Crippen LogP contribution in [-0.4, -0.2) is 23.0 Å². The standard InChI is InChI=1S/C9H5BrFN3O2.C7H12N2.C2H6/c10-5-1-4-7(2-6(5)11)13-3-8(9(4)12)14(15)16;8-4-1-7-2-5-9-6-3-7;1-2/h1-3H,(H2,12,13);7,9H,1-3,5-6H2;1-2H3. The van der Waals surface area contributed by atoms with E-state index in [0.717, 1.165) is 25.7 Å². The van der Waals surface area contributed by atoms with E-state index in [1.807, 2.05) is 13.8 Å². The number of piperidine rings is 1. The largest absolute Gasteiger partial charge is 0.393 e. The number of pyridine rings is 1. The molecule has 7 nitrogen and oxygen atoms in total. The van der Waals surface area contributed by atoms with E-state index in [4.69, 9.17) is 11.0 Å². The molecule has 0 unspecified atom stereocenters. The minimum absolute atomic E-state index is 0.0179. The predicted octanol–water partition coefficient (Wildman–Crippen LogP) is 4.55. The monoisotopic (exact) mass is 439 g/mol. The van der Waals surface area contributed by atoms with Gasteiger partial charge in [-0.3, -0.25) is 10.1 Å². The Labute approximate surface area is 166 Å². The molecule has 3 rings (SSSR count). The molecule has 1 aliphatic rings. The van der Waals surface area contributed by atoms with Crippen molar-refractivity contribution in [1.82, 2.24) is 10.3 Å². The van der Waals surface area contributed by atoms with E-state index in [1.165, 1.54) is 25.0 Å². The first kappa shape index (κ1) is 22.7. The van der Waals surface area contributed by atoms with Gasteiger partial charge in [-0.1, -0.05) is 13.8 Å². The summed E-state index contributed by atoms with van der Waals surface area (Å²) in [5.41, 5.74) is 5.59. The number of nitro groups is 1. The molecule has 1 aromatic heterocycles. The number of halogens is 2. The Balaban J connectivity index is 0.000000282. The van der Waals surface area contributed by atoms with Crippen molar-refractivity contribution in [3.63, 3.8) is 0 Å². The first-order chi connectivity index (χ1) is 12.9. The molecule has 1 aliphatic heterocycles. The van der Waals surface area contributed by atoms with Gasteiger partial charge in [-0.25, -0.2) is 9.37 Å². The van der Waals surface area contributed by atoms with E-state index < -0.39 is 10.7 Å². The first-order valence-electron chi connectivity index (χ1n) is 8.69. The van der Waals surface area contributed by atoms with E-state index in [2.05, 4.69) is 32.3 Å². The van der Waals surface area contributed by atoms with Crippen LogP contribution in [0.2, 0.25) is 0 Å². The molecule has 27 heavy (non-hydrogen) atoms. The third kappa shape index (κ3) is 6.41. The highest BCUT2D eigenvalue weighted by molar-refractivity contribution is 9.10. The van der Waals surface area contributed by atoms with Gasteiger partial charge in [0.15, 0.2) is 0 Å². The van der Waals surface area contributed by atoms with Crippen LogP contribution in [0.5, 0.6) is 0 Å². The fraction of sp³-hybridized carbons (Fsp3) is 0.444. The maximum absolute atomic E-state index is 13.2. The number of nitriles is 1. The molecule has 2 aromatic rings. The molecule has 1 aromatic carbocycles. The van der Waals surface area contributed by atoms with Crippen LogP contribution in [0.25, 0.3) is 10.9 Å². The minimum atomic E-state index is -0.626. The van der Waals surface area contributed by atoms with Gasteiger partial charge in [0.05, 0.1) is 21.0 Å². The number of aromatic nitrogens is 1. The van der Waals surface area contributed by atoms with Crippen molar-refractivity contribution in [2.24, 2.45) is 5.92 Å². The highest BCUT2D eigenvalue weighted by Crippen LogP contribution is 2.31. The molecule has 3 N–H and O–H groups in total. The number of nitrogens with two attached hydrogens (primary N) is 1. The lowest BCUT2D eigenvalue weighted by atomic mass is 9.96. The zero-order chi connectivity index (χ0) is 20.4. The molecule has 0 spiro atoms. The molecule has 0 radical (unpaired) electrons. The zero-order valence-corrected chi connectivity index (χ0v) is 16.9. The summed E-state index contributed by atoms with van der Waals surface area (Å²) < 4.78 is 13.4. The maximum Gasteiger partial charge on any atom is 0.310 e. The highest BCUT2D eigenvalue weighted by Gasteiger charge is 2.16. The number of rotatable bonds is 2.